The van der Waals surface area contributed by atoms with Crippen LogP contribution in [0.2, 0.25) is 5.22 Å². The molecular formula is C13H20ClN3O2. The van der Waals surface area contributed by atoms with Crippen LogP contribution in [0.1, 0.15) is 25.1 Å². The minimum Gasteiger partial charge on any atom is -0.344 e. The fraction of sp³-hybridized carbons (Fsp3) is 0.692. The maximum Gasteiger partial charge on any atom is 0.229 e. The van der Waals surface area contributed by atoms with Gasteiger partial charge in [-0.25, -0.2) is 0 Å². The van der Waals surface area contributed by atoms with Gasteiger partial charge in [0, 0.05) is 37.8 Å². The molecule has 19 heavy (non-hydrogen) atoms. The van der Waals surface area contributed by atoms with Gasteiger partial charge in [-0.15, -0.1) is 0 Å². The van der Waals surface area contributed by atoms with Crippen LogP contribution < -0.4 is 0 Å². The number of aromatic nitrogens is 1. The Morgan fingerprint density at radius 1 is 1.37 bits per heavy atom. The summed E-state index contributed by atoms with van der Waals surface area (Å²) in [5.74, 6) is 0.0941. The summed E-state index contributed by atoms with van der Waals surface area (Å²) in [7, 11) is 0. The maximum atomic E-state index is 12.2. The van der Waals surface area contributed by atoms with E-state index in [9.17, 15) is 4.79 Å². The molecule has 1 amide bonds. The van der Waals surface area contributed by atoms with Crippen molar-refractivity contribution in [2.24, 2.45) is 0 Å². The number of piperazine rings is 1. The van der Waals surface area contributed by atoms with E-state index in [1.54, 1.807) is 6.92 Å². The summed E-state index contributed by atoms with van der Waals surface area (Å²) in [5, 5.41) is 3.99. The second-order valence-electron chi connectivity index (χ2n) is 5.21. The van der Waals surface area contributed by atoms with Crippen LogP contribution >= 0.6 is 11.6 Å². The monoisotopic (exact) mass is 285 g/mol. The lowest BCUT2D eigenvalue weighted by Crippen LogP contribution is -2.51. The Bertz CT molecular complexity index is 431. The van der Waals surface area contributed by atoms with Crippen molar-refractivity contribution in [2.75, 3.05) is 26.2 Å². The SMILES string of the molecule is Cc1noc(Cl)c1CC(=O)N1CCN(C(C)C)CC1. The number of carbonyl (C=O) groups excluding carboxylic acids is 1. The van der Waals surface area contributed by atoms with E-state index in [0.717, 1.165) is 26.2 Å². The first kappa shape index (κ1) is 14.3. The molecule has 1 fully saturated rings. The van der Waals surface area contributed by atoms with Crippen molar-refractivity contribution in [1.29, 1.82) is 0 Å². The molecule has 0 unspecified atom stereocenters. The molecule has 0 spiro atoms. The lowest BCUT2D eigenvalue weighted by Gasteiger charge is -2.37. The molecule has 0 saturated carbocycles. The summed E-state index contributed by atoms with van der Waals surface area (Å²) in [4.78, 5) is 16.5. The van der Waals surface area contributed by atoms with Crippen molar-refractivity contribution in [3.63, 3.8) is 0 Å². The highest BCUT2D eigenvalue weighted by Crippen LogP contribution is 2.20. The van der Waals surface area contributed by atoms with E-state index in [-0.39, 0.29) is 17.5 Å². The third kappa shape index (κ3) is 3.28. The van der Waals surface area contributed by atoms with Crippen molar-refractivity contribution < 1.29 is 9.32 Å². The number of nitrogens with zero attached hydrogens (tertiary/aromatic N) is 3. The molecule has 106 valence electrons. The molecule has 1 aromatic rings. The standard InChI is InChI=1S/C13H20ClN3O2/c1-9(2)16-4-6-17(7-5-16)12(18)8-11-10(3)15-19-13(11)14/h9H,4-8H2,1-3H3. The molecule has 0 atom stereocenters. The van der Waals surface area contributed by atoms with E-state index < -0.39 is 0 Å². The number of halogens is 1. The third-order valence-electron chi connectivity index (χ3n) is 3.66. The van der Waals surface area contributed by atoms with E-state index >= 15 is 0 Å². The zero-order chi connectivity index (χ0) is 14.0. The first-order chi connectivity index (χ1) is 8.99. The van der Waals surface area contributed by atoms with Gasteiger partial charge >= 0.3 is 0 Å². The average molecular weight is 286 g/mol. The molecule has 1 aliphatic rings. The second kappa shape index (κ2) is 5.92. The fourth-order valence-electron chi connectivity index (χ4n) is 2.31. The largest absolute Gasteiger partial charge is 0.344 e. The van der Waals surface area contributed by atoms with Crippen molar-refractivity contribution in [2.45, 2.75) is 33.2 Å². The van der Waals surface area contributed by atoms with Crippen LogP contribution in [-0.2, 0) is 11.2 Å². The van der Waals surface area contributed by atoms with Crippen LogP contribution in [0.25, 0.3) is 0 Å². The fourth-order valence-corrected chi connectivity index (χ4v) is 2.55. The molecule has 2 heterocycles. The van der Waals surface area contributed by atoms with E-state index in [1.165, 1.54) is 0 Å². The van der Waals surface area contributed by atoms with Crippen LogP contribution in [0.3, 0.4) is 0 Å². The first-order valence-corrected chi connectivity index (χ1v) is 6.99. The van der Waals surface area contributed by atoms with Gasteiger partial charge in [0.1, 0.15) is 0 Å². The molecule has 1 aliphatic heterocycles. The van der Waals surface area contributed by atoms with E-state index in [0.29, 0.717) is 17.3 Å². The first-order valence-electron chi connectivity index (χ1n) is 6.61. The van der Waals surface area contributed by atoms with Crippen LogP contribution in [0, 0.1) is 6.92 Å². The van der Waals surface area contributed by atoms with E-state index in [1.807, 2.05) is 4.90 Å². The number of aryl methyl sites for hydroxylation is 1. The predicted octanol–water partition coefficient (Wildman–Crippen LogP) is 1.73. The molecule has 0 radical (unpaired) electrons. The predicted molar refractivity (Wildman–Crippen MR) is 73.2 cm³/mol. The van der Waals surface area contributed by atoms with Crippen molar-refractivity contribution >= 4 is 17.5 Å². The molecule has 0 aliphatic carbocycles. The van der Waals surface area contributed by atoms with Crippen LogP contribution in [0.4, 0.5) is 0 Å². The Balaban J connectivity index is 1.92. The van der Waals surface area contributed by atoms with Gasteiger partial charge in [0.05, 0.1) is 12.1 Å². The summed E-state index contributed by atoms with van der Waals surface area (Å²) >= 11 is 5.88. The molecule has 0 N–H and O–H groups in total. The van der Waals surface area contributed by atoms with E-state index in [2.05, 4.69) is 23.9 Å². The molecule has 1 saturated heterocycles. The maximum absolute atomic E-state index is 12.2. The van der Waals surface area contributed by atoms with Gasteiger partial charge in [-0.1, -0.05) is 5.16 Å². The highest BCUT2D eigenvalue weighted by Gasteiger charge is 2.24. The summed E-state index contributed by atoms with van der Waals surface area (Å²) in [6.45, 7) is 9.57. The van der Waals surface area contributed by atoms with Crippen LogP contribution in [0.15, 0.2) is 4.52 Å². The lowest BCUT2D eigenvalue weighted by atomic mass is 10.1. The van der Waals surface area contributed by atoms with E-state index in [4.69, 9.17) is 16.1 Å². The summed E-state index contributed by atoms with van der Waals surface area (Å²) in [6, 6.07) is 0.534. The normalized spacial score (nSPS) is 17.2. The zero-order valence-corrected chi connectivity index (χ0v) is 12.4. The molecule has 1 aromatic heterocycles. The van der Waals surface area contributed by atoms with Crippen molar-refractivity contribution in [1.82, 2.24) is 15.0 Å². The van der Waals surface area contributed by atoms with Gasteiger partial charge in [-0.05, 0) is 32.4 Å². The quantitative estimate of drug-likeness (QED) is 0.849. The zero-order valence-electron chi connectivity index (χ0n) is 11.6. The Kier molecular flexibility index (Phi) is 4.47. The molecule has 0 bridgehead atoms. The number of carbonyl (C=O) groups is 1. The molecule has 2 rings (SSSR count). The van der Waals surface area contributed by atoms with Gasteiger partial charge in [-0.3, -0.25) is 9.69 Å². The lowest BCUT2D eigenvalue weighted by molar-refractivity contribution is -0.132. The summed E-state index contributed by atoms with van der Waals surface area (Å²) < 4.78 is 4.87. The van der Waals surface area contributed by atoms with Gasteiger partial charge in [0.15, 0.2) is 0 Å². The number of amides is 1. The van der Waals surface area contributed by atoms with Gasteiger partial charge in [0.2, 0.25) is 11.1 Å². The van der Waals surface area contributed by atoms with Gasteiger partial charge in [0.25, 0.3) is 0 Å². The summed E-state index contributed by atoms with van der Waals surface area (Å²) in [6.07, 6.45) is 0.274. The number of hydrogen-bond donors (Lipinski definition) is 0. The molecule has 6 heteroatoms. The Morgan fingerprint density at radius 2 is 2.00 bits per heavy atom. The van der Waals surface area contributed by atoms with Crippen LogP contribution in [-0.4, -0.2) is 53.1 Å². The minimum atomic E-state index is 0.0941. The molecule has 5 nitrogen and oxygen atoms in total. The Morgan fingerprint density at radius 3 is 2.47 bits per heavy atom. The van der Waals surface area contributed by atoms with Crippen molar-refractivity contribution in [3.8, 4) is 0 Å². The van der Waals surface area contributed by atoms with Gasteiger partial charge in [-0.2, -0.15) is 0 Å². The number of hydrogen-bond acceptors (Lipinski definition) is 4. The molecule has 0 aromatic carbocycles. The highest BCUT2D eigenvalue weighted by atomic mass is 35.5. The Hall–Kier alpha value is -1.07. The second-order valence-corrected chi connectivity index (χ2v) is 5.55. The molecular weight excluding hydrogens is 266 g/mol. The number of rotatable bonds is 3. The topological polar surface area (TPSA) is 49.6 Å². The summed E-state index contributed by atoms with van der Waals surface area (Å²) in [5.41, 5.74) is 1.40. The average Bonchev–Trinajstić information content (AvgIpc) is 2.70. The highest BCUT2D eigenvalue weighted by molar-refractivity contribution is 6.29. The minimum absolute atomic E-state index is 0.0941. The smallest absolute Gasteiger partial charge is 0.229 e. The Labute approximate surface area is 118 Å². The van der Waals surface area contributed by atoms with Gasteiger partial charge < -0.3 is 9.42 Å². The van der Waals surface area contributed by atoms with Crippen LogP contribution in [0.5, 0.6) is 0 Å². The third-order valence-corrected chi connectivity index (χ3v) is 3.96. The van der Waals surface area contributed by atoms with Crippen molar-refractivity contribution in [3.05, 3.63) is 16.5 Å².